The number of rotatable bonds is 5. The van der Waals surface area contributed by atoms with Crippen molar-refractivity contribution in [3.63, 3.8) is 0 Å². The molecule has 5 nitrogen and oxygen atoms in total. The Morgan fingerprint density at radius 3 is 2.50 bits per heavy atom. The lowest BCUT2D eigenvalue weighted by atomic mass is 10.1. The second-order valence-electron chi connectivity index (χ2n) is 6.27. The van der Waals surface area contributed by atoms with Crippen molar-refractivity contribution in [2.24, 2.45) is 0 Å². The number of hydrogen-bond donors (Lipinski definition) is 2. The van der Waals surface area contributed by atoms with Crippen molar-refractivity contribution in [3.8, 4) is 0 Å². The second kappa shape index (κ2) is 7.01. The summed E-state index contributed by atoms with van der Waals surface area (Å²) in [5.41, 5.74) is 1.45. The smallest absolute Gasteiger partial charge is 0.189 e. The quantitative estimate of drug-likeness (QED) is 0.720. The maximum absolute atomic E-state index is 13.9. The normalized spacial score (nSPS) is 13.0. The molecule has 7 heteroatoms. The van der Waals surface area contributed by atoms with Gasteiger partial charge in [-0.2, -0.15) is 0 Å². The Labute approximate surface area is 150 Å². The van der Waals surface area contributed by atoms with Crippen LogP contribution in [-0.4, -0.2) is 19.7 Å². The van der Waals surface area contributed by atoms with Gasteiger partial charge in [0.25, 0.3) is 0 Å². The van der Waals surface area contributed by atoms with Gasteiger partial charge in [-0.25, -0.2) is 12.8 Å². The largest absolute Gasteiger partial charge is 0.355 e. The lowest BCUT2D eigenvalue weighted by Crippen LogP contribution is -2.20. The summed E-state index contributed by atoms with van der Waals surface area (Å²) in [6, 6.07) is 12.4. The lowest BCUT2D eigenvalue weighted by molar-refractivity contribution is 0.567. The number of sulfone groups is 1. The molecule has 136 valence electrons. The first-order chi connectivity index (χ1) is 12.3. The van der Waals surface area contributed by atoms with Crippen molar-refractivity contribution in [1.29, 1.82) is 0 Å². The predicted molar refractivity (Wildman–Crippen MR) is 99.3 cm³/mol. The predicted octanol–water partition coefficient (Wildman–Crippen LogP) is 2.92. The van der Waals surface area contributed by atoms with Crippen LogP contribution in [0.5, 0.6) is 0 Å². The molecule has 2 N–H and O–H groups in total. The average molecular weight is 374 g/mol. The van der Waals surface area contributed by atoms with Crippen LogP contribution in [0.25, 0.3) is 10.9 Å². The third-order valence-corrected chi connectivity index (χ3v) is 5.41. The van der Waals surface area contributed by atoms with Gasteiger partial charge < -0.3 is 10.3 Å². The van der Waals surface area contributed by atoms with Crippen molar-refractivity contribution < 1.29 is 12.8 Å². The fourth-order valence-corrected chi connectivity index (χ4v) is 3.40. The number of fused-ring (bicyclic) bond motifs is 1. The molecule has 0 bridgehead atoms. The van der Waals surface area contributed by atoms with E-state index in [1.54, 1.807) is 30.3 Å². The van der Waals surface area contributed by atoms with Gasteiger partial charge in [0.2, 0.25) is 0 Å². The number of aromatic amines is 1. The van der Waals surface area contributed by atoms with Gasteiger partial charge >= 0.3 is 0 Å². The summed E-state index contributed by atoms with van der Waals surface area (Å²) >= 11 is 0. The summed E-state index contributed by atoms with van der Waals surface area (Å²) in [5, 5.41) is 3.56. The van der Waals surface area contributed by atoms with Crippen LogP contribution >= 0.6 is 0 Å². The maximum atomic E-state index is 13.9. The zero-order chi connectivity index (χ0) is 18.9. The van der Waals surface area contributed by atoms with E-state index in [-0.39, 0.29) is 21.9 Å². The third-order valence-electron chi connectivity index (χ3n) is 4.28. The van der Waals surface area contributed by atoms with Crippen LogP contribution in [0.15, 0.2) is 58.2 Å². The molecule has 1 heterocycles. The standard InChI is InChI=1S/C19H19FN2O3S/c1-12(13-6-8-15(9-7-13)26(2,24)25)21-11-14-10-18(23)16-4-3-5-17(20)19(16)22-14/h3-10,12,21H,11H2,1-2H3,(H,22,23)/t12-/m0/s1. The first-order valence-electron chi connectivity index (χ1n) is 8.09. The van der Waals surface area contributed by atoms with E-state index in [9.17, 15) is 17.6 Å². The highest BCUT2D eigenvalue weighted by Crippen LogP contribution is 2.17. The highest BCUT2D eigenvalue weighted by Gasteiger charge is 2.11. The van der Waals surface area contributed by atoms with Gasteiger partial charge in [-0.05, 0) is 36.8 Å². The maximum Gasteiger partial charge on any atom is 0.189 e. The van der Waals surface area contributed by atoms with Crippen LogP contribution in [0.4, 0.5) is 4.39 Å². The molecule has 26 heavy (non-hydrogen) atoms. The highest BCUT2D eigenvalue weighted by atomic mass is 32.2. The molecule has 0 spiro atoms. The van der Waals surface area contributed by atoms with Crippen LogP contribution < -0.4 is 10.7 Å². The van der Waals surface area contributed by atoms with Crippen molar-refractivity contribution >= 4 is 20.7 Å². The molecule has 0 aliphatic heterocycles. The summed E-state index contributed by atoms with van der Waals surface area (Å²) in [6.07, 6.45) is 1.17. The van der Waals surface area contributed by atoms with E-state index in [2.05, 4.69) is 10.3 Å². The Morgan fingerprint density at radius 2 is 1.85 bits per heavy atom. The minimum absolute atomic E-state index is 0.0802. The van der Waals surface area contributed by atoms with E-state index in [1.807, 2.05) is 6.92 Å². The molecule has 0 fully saturated rings. The molecule has 0 saturated heterocycles. The molecule has 0 aliphatic rings. The van der Waals surface area contributed by atoms with E-state index >= 15 is 0 Å². The van der Waals surface area contributed by atoms with Crippen LogP contribution in [-0.2, 0) is 16.4 Å². The van der Waals surface area contributed by atoms with E-state index in [4.69, 9.17) is 0 Å². The van der Waals surface area contributed by atoms with Gasteiger partial charge in [0.15, 0.2) is 15.3 Å². The average Bonchev–Trinajstić information content (AvgIpc) is 2.60. The second-order valence-corrected chi connectivity index (χ2v) is 8.28. The summed E-state index contributed by atoms with van der Waals surface area (Å²) in [7, 11) is -3.23. The van der Waals surface area contributed by atoms with Crippen LogP contribution in [0.3, 0.4) is 0 Å². The lowest BCUT2D eigenvalue weighted by Gasteiger charge is -2.15. The van der Waals surface area contributed by atoms with E-state index in [0.29, 0.717) is 17.6 Å². The van der Waals surface area contributed by atoms with Gasteiger partial charge in [0.05, 0.1) is 10.4 Å². The Hall–Kier alpha value is -2.51. The zero-order valence-electron chi connectivity index (χ0n) is 14.4. The minimum atomic E-state index is -3.23. The summed E-state index contributed by atoms with van der Waals surface area (Å²) in [5.74, 6) is -0.467. The van der Waals surface area contributed by atoms with Crippen molar-refractivity contribution in [3.05, 3.63) is 75.8 Å². The van der Waals surface area contributed by atoms with Gasteiger partial charge in [-0.15, -0.1) is 0 Å². The summed E-state index contributed by atoms with van der Waals surface area (Å²) < 4.78 is 36.9. The molecule has 0 unspecified atom stereocenters. The molecular weight excluding hydrogens is 355 g/mol. The number of para-hydroxylation sites is 1. The van der Waals surface area contributed by atoms with Crippen molar-refractivity contribution in [1.82, 2.24) is 10.3 Å². The molecule has 0 aliphatic carbocycles. The molecular formula is C19H19FN2O3S. The number of hydrogen-bond acceptors (Lipinski definition) is 4. The first-order valence-corrected chi connectivity index (χ1v) is 9.98. The number of benzene rings is 2. The molecule has 0 amide bonds. The Morgan fingerprint density at radius 1 is 1.15 bits per heavy atom. The minimum Gasteiger partial charge on any atom is -0.355 e. The fourth-order valence-electron chi connectivity index (χ4n) is 2.77. The Balaban J connectivity index is 1.77. The number of halogens is 1. The number of aromatic nitrogens is 1. The fraction of sp³-hybridized carbons (Fsp3) is 0.211. The molecule has 1 atom stereocenters. The topological polar surface area (TPSA) is 79.0 Å². The van der Waals surface area contributed by atoms with Crippen LogP contribution in [0, 0.1) is 5.82 Å². The van der Waals surface area contributed by atoms with E-state index < -0.39 is 15.7 Å². The van der Waals surface area contributed by atoms with Gasteiger partial charge in [-0.1, -0.05) is 18.2 Å². The van der Waals surface area contributed by atoms with Gasteiger partial charge in [0.1, 0.15) is 5.82 Å². The molecule has 2 aromatic carbocycles. The molecule has 3 aromatic rings. The van der Waals surface area contributed by atoms with Crippen LogP contribution in [0.1, 0.15) is 24.2 Å². The third kappa shape index (κ3) is 3.84. The zero-order valence-corrected chi connectivity index (χ0v) is 15.2. The van der Waals surface area contributed by atoms with Crippen molar-refractivity contribution in [2.75, 3.05) is 6.26 Å². The first kappa shape index (κ1) is 18.3. The van der Waals surface area contributed by atoms with E-state index in [1.165, 1.54) is 24.5 Å². The highest BCUT2D eigenvalue weighted by molar-refractivity contribution is 7.90. The Bertz CT molecular complexity index is 1110. The molecule has 0 radical (unpaired) electrons. The van der Waals surface area contributed by atoms with Gasteiger partial charge in [0, 0.05) is 36.0 Å². The van der Waals surface area contributed by atoms with Crippen LogP contribution in [0.2, 0.25) is 0 Å². The number of nitrogens with one attached hydrogen (secondary N) is 2. The number of pyridine rings is 1. The SMILES string of the molecule is C[C@H](NCc1cc(=O)c2cccc(F)c2[nH]1)c1ccc(S(C)(=O)=O)cc1. The summed E-state index contributed by atoms with van der Waals surface area (Å²) in [6.45, 7) is 2.27. The van der Waals surface area contributed by atoms with Crippen molar-refractivity contribution in [2.45, 2.75) is 24.4 Å². The molecule has 1 aromatic heterocycles. The van der Waals surface area contributed by atoms with E-state index in [0.717, 1.165) is 5.56 Å². The molecule has 0 saturated carbocycles. The number of H-pyrrole nitrogens is 1. The molecule has 3 rings (SSSR count). The summed E-state index contributed by atoms with van der Waals surface area (Å²) in [4.78, 5) is 15.3. The van der Waals surface area contributed by atoms with Gasteiger partial charge in [-0.3, -0.25) is 4.79 Å². The monoisotopic (exact) mass is 374 g/mol. The Kier molecular flexibility index (Phi) is 4.93.